The predicted octanol–water partition coefficient (Wildman–Crippen LogP) is 3.68. The number of hydrogen-bond acceptors (Lipinski definition) is 4. The standard InChI is InChI=1S/C25H26N6/c1-4-19-18(3)20(16-26)24-28-21-9-5-6-10-22(21)31(24)25(19)30-14-12-29(13-15-30)23-11-7-8-17(2)27-23/h5-11H,4,12-15H2,1-3H3/p+1. The Bertz CT molecular complexity index is 1320. The average molecular weight is 412 g/mol. The van der Waals surface area contributed by atoms with E-state index in [4.69, 9.17) is 4.98 Å². The van der Waals surface area contributed by atoms with Crippen LogP contribution in [0.1, 0.15) is 29.3 Å². The van der Waals surface area contributed by atoms with Gasteiger partial charge >= 0.3 is 0 Å². The second kappa shape index (κ2) is 7.59. The molecule has 4 aromatic rings. The molecule has 1 aromatic carbocycles. The summed E-state index contributed by atoms with van der Waals surface area (Å²) in [4.78, 5) is 13.2. The van der Waals surface area contributed by atoms with E-state index in [1.165, 1.54) is 22.9 Å². The molecule has 0 unspecified atom stereocenters. The number of benzene rings is 1. The van der Waals surface area contributed by atoms with E-state index in [1.807, 2.05) is 18.2 Å². The van der Waals surface area contributed by atoms with Gasteiger partial charge in [0.25, 0.3) is 5.82 Å². The van der Waals surface area contributed by atoms with Gasteiger partial charge in [0.05, 0.1) is 35.4 Å². The molecule has 0 radical (unpaired) electrons. The molecular weight excluding hydrogens is 384 g/mol. The van der Waals surface area contributed by atoms with Crippen LogP contribution in [0.15, 0.2) is 42.5 Å². The monoisotopic (exact) mass is 411 g/mol. The van der Waals surface area contributed by atoms with Crippen LogP contribution in [0.4, 0.5) is 11.6 Å². The maximum absolute atomic E-state index is 9.92. The lowest BCUT2D eigenvalue weighted by molar-refractivity contribution is -0.373. The van der Waals surface area contributed by atoms with Gasteiger partial charge in [-0.2, -0.15) is 5.26 Å². The van der Waals surface area contributed by atoms with E-state index >= 15 is 0 Å². The van der Waals surface area contributed by atoms with Gasteiger partial charge in [-0.1, -0.05) is 25.1 Å². The Morgan fingerprint density at radius 1 is 1.00 bits per heavy atom. The molecule has 6 nitrogen and oxygen atoms in total. The molecule has 4 heterocycles. The Morgan fingerprint density at radius 3 is 2.45 bits per heavy atom. The van der Waals surface area contributed by atoms with Gasteiger partial charge in [-0.15, -0.1) is 0 Å². The number of nitrogens with one attached hydrogen (secondary N) is 1. The molecule has 1 aliphatic heterocycles. The minimum Gasteiger partial charge on any atom is -0.350 e. The lowest BCUT2D eigenvalue weighted by Gasteiger charge is -2.34. The largest absolute Gasteiger partial charge is 0.350 e. The highest BCUT2D eigenvalue weighted by Gasteiger charge is 2.28. The zero-order valence-electron chi connectivity index (χ0n) is 18.3. The van der Waals surface area contributed by atoms with Crippen molar-refractivity contribution in [2.45, 2.75) is 27.2 Å². The molecule has 0 atom stereocenters. The average Bonchev–Trinajstić information content (AvgIpc) is 3.17. The maximum atomic E-state index is 9.92. The zero-order valence-corrected chi connectivity index (χ0v) is 18.3. The van der Waals surface area contributed by atoms with Gasteiger partial charge in [-0.25, -0.2) is 9.97 Å². The second-order valence-electron chi connectivity index (χ2n) is 8.22. The SMILES string of the molecule is CCc1c(C)c(C#N)c2nc3ccccc3n2c1N1CCN(c2cccc(C)[nH+]2)CC1. The lowest BCUT2D eigenvalue weighted by atomic mass is 10.0. The number of hydrogen-bond donors (Lipinski definition) is 0. The number of nitrogens with zero attached hydrogens (tertiary/aromatic N) is 5. The number of imidazole rings is 1. The number of anilines is 2. The number of aromatic amines is 1. The highest BCUT2D eigenvalue weighted by Crippen LogP contribution is 2.34. The van der Waals surface area contributed by atoms with Crippen molar-refractivity contribution in [2.24, 2.45) is 0 Å². The number of rotatable bonds is 3. The predicted molar refractivity (Wildman–Crippen MR) is 124 cm³/mol. The minimum absolute atomic E-state index is 0.685. The summed E-state index contributed by atoms with van der Waals surface area (Å²) in [5.41, 5.74) is 6.91. The first-order chi connectivity index (χ1) is 15.1. The van der Waals surface area contributed by atoms with E-state index in [9.17, 15) is 5.26 Å². The second-order valence-corrected chi connectivity index (χ2v) is 8.22. The first-order valence-corrected chi connectivity index (χ1v) is 10.9. The molecule has 31 heavy (non-hydrogen) atoms. The smallest absolute Gasteiger partial charge is 0.274 e. The number of H-pyrrole nitrogens is 1. The fourth-order valence-corrected chi connectivity index (χ4v) is 4.83. The Morgan fingerprint density at radius 2 is 1.74 bits per heavy atom. The number of para-hydroxylation sites is 2. The van der Waals surface area contributed by atoms with E-state index in [0.717, 1.165) is 54.8 Å². The van der Waals surface area contributed by atoms with Crippen molar-refractivity contribution < 1.29 is 4.98 Å². The molecule has 0 bridgehead atoms. The zero-order chi connectivity index (χ0) is 21.5. The third-order valence-corrected chi connectivity index (χ3v) is 6.40. The fourth-order valence-electron chi connectivity index (χ4n) is 4.83. The number of pyridine rings is 2. The number of piperazine rings is 1. The van der Waals surface area contributed by atoms with Gasteiger partial charge in [0.1, 0.15) is 25.0 Å². The van der Waals surface area contributed by atoms with Crippen LogP contribution in [0, 0.1) is 25.2 Å². The first kappa shape index (κ1) is 19.4. The lowest BCUT2D eigenvalue weighted by Crippen LogP contribution is -2.49. The maximum Gasteiger partial charge on any atom is 0.274 e. The van der Waals surface area contributed by atoms with Gasteiger partial charge in [0.15, 0.2) is 5.65 Å². The molecule has 1 N–H and O–H groups in total. The number of nitriles is 1. The summed E-state index contributed by atoms with van der Waals surface area (Å²) < 4.78 is 2.22. The van der Waals surface area contributed by atoms with E-state index in [2.05, 4.69) is 70.3 Å². The van der Waals surface area contributed by atoms with Crippen LogP contribution in [-0.4, -0.2) is 35.6 Å². The van der Waals surface area contributed by atoms with Crippen molar-refractivity contribution in [2.75, 3.05) is 36.0 Å². The molecule has 3 aromatic heterocycles. The van der Waals surface area contributed by atoms with Crippen LogP contribution in [-0.2, 0) is 6.42 Å². The molecule has 1 aliphatic rings. The number of fused-ring (bicyclic) bond motifs is 3. The molecule has 0 spiro atoms. The minimum atomic E-state index is 0.685. The van der Waals surface area contributed by atoms with Gasteiger partial charge < -0.3 is 4.90 Å². The first-order valence-electron chi connectivity index (χ1n) is 10.9. The molecule has 0 amide bonds. The van der Waals surface area contributed by atoms with Crippen LogP contribution in [0.3, 0.4) is 0 Å². The van der Waals surface area contributed by atoms with Crippen molar-refractivity contribution >= 4 is 28.3 Å². The molecule has 6 heteroatoms. The van der Waals surface area contributed by atoms with Crippen molar-refractivity contribution in [3.8, 4) is 6.07 Å². The van der Waals surface area contributed by atoms with E-state index in [0.29, 0.717) is 5.56 Å². The van der Waals surface area contributed by atoms with Crippen molar-refractivity contribution in [3.63, 3.8) is 0 Å². The normalized spacial score (nSPS) is 14.4. The van der Waals surface area contributed by atoms with E-state index in [1.54, 1.807) is 0 Å². The topological polar surface area (TPSA) is 61.7 Å². The van der Waals surface area contributed by atoms with E-state index < -0.39 is 0 Å². The van der Waals surface area contributed by atoms with Gasteiger partial charge in [-0.3, -0.25) is 9.30 Å². The quantitative estimate of drug-likeness (QED) is 0.516. The highest BCUT2D eigenvalue weighted by atomic mass is 15.3. The number of aromatic nitrogens is 3. The molecular formula is C25H27N6+. The summed E-state index contributed by atoms with van der Waals surface area (Å²) in [6, 6.07) is 16.9. The van der Waals surface area contributed by atoms with Crippen LogP contribution < -0.4 is 14.8 Å². The molecule has 1 fully saturated rings. The van der Waals surface area contributed by atoms with Crippen molar-refractivity contribution in [1.29, 1.82) is 5.26 Å². The molecule has 1 saturated heterocycles. The summed E-state index contributed by atoms with van der Waals surface area (Å²) in [5.74, 6) is 2.36. The van der Waals surface area contributed by atoms with Gasteiger partial charge in [0.2, 0.25) is 0 Å². The number of aryl methyl sites for hydroxylation is 1. The Kier molecular flexibility index (Phi) is 4.74. The molecule has 156 valence electrons. The van der Waals surface area contributed by atoms with Crippen molar-refractivity contribution in [1.82, 2.24) is 9.38 Å². The van der Waals surface area contributed by atoms with Crippen molar-refractivity contribution in [3.05, 3.63) is 64.8 Å². The highest BCUT2D eigenvalue weighted by molar-refractivity contribution is 5.86. The summed E-state index contributed by atoms with van der Waals surface area (Å²) in [5, 5.41) is 9.92. The van der Waals surface area contributed by atoms with Gasteiger partial charge in [-0.05, 0) is 49.6 Å². The Balaban J connectivity index is 1.62. The summed E-state index contributed by atoms with van der Waals surface area (Å²) in [7, 11) is 0. The summed E-state index contributed by atoms with van der Waals surface area (Å²) in [6.45, 7) is 10.1. The van der Waals surface area contributed by atoms with Crippen LogP contribution in [0.2, 0.25) is 0 Å². The molecule has 5 rings (SSSR count). The third-order valence-electron chi connectivity index (χ3n) is 6.40. The molecule has 0 saturated carbocycles. The summed E-state index contributed by atoms with van der Waals surface area (Å²) >= 11 is 0. The molecule has 0 aliphatic carbocycles. The fraction of sp³-hybridized carbons (Fsp3) is 0.320. The van der Waals surface area contributed by atoms with Crippen LogP contribution >= 0.6 is 0 Å². The third kappa shape index (κ3) is 3.09. The van der Waals surface area contributed by atoms with Crippen LogP contribution in [0.25, 0.3) is 16.7 Å². The Hall–Kier alpha value is -3.59. The van der Waals surface area contributed by atoms with Crippen LogP contribution in [0.5, 0.6) is 0 Å². The van der Waals surface area contributed by atoms with E-state index in [-0.39, 0.29) is 0 Å². The Labute approximate surface area is 182 Å². The summed E-state index contributed by atoms with van der Waals surface area (Å²) in [6.07, 6.45) is 0.879. The van der Waals surface area contributed by atoms with Gasteiger partial charge in [0, 0.05) is 6.07 Å².